The number of carbonyl (C=O) groups excluding carboxylic acids is 4. The Morgan fingerprint density at radius 3 is 2.30 bits per heavy atom. The Hall–Kier alpha value is -2.94. The number of piperidine rings is 1. The van der Waals surface area contributed by atoms with Crippen LogP contribution in [0.5, 0.6) is 0 Å². The molecule has 9 nitrogen and oxygen atoms in total. The fourth-order valence-electron chi connectivity index (χ4n) is 5.83. The molecule has 202 valence electrons. The van der Waals surface area contributed by atoms with Crippen LogP contribution in [0.3, 0.4) is 0 Å². The molecule has 0 spiro atoms. The molecule has 1 aromatic carbocycles. The topological polar surface area (TPSA) is 93.3 Å². The van der Waals surface area contributed by atoms with Crippen LogP contribution in [0.4, 0.5) is 5.69 Å². The molecule has 3 heterocycles. The van der Waals surface area contributed by atoms with E-state index in [-0.39, 0.29) is 42.0 Å². The summed E-state index contributed by atoms with van der Waals surface area (Å²) in [7, 11) is 3.87. The maximum atomic E-state index is 13.7. The third kappa shape index (κ3) is 6.14. The summed E-state index contributed by atoms with van der Waals surface area (Å²) in [6, 6.07) is 5.61. The fourth-order valence-corrected chi connectivity index (χ4v) is 5.83. The van der Waals surface area contributed by atoms with Crippen LogP contribution in [0.25, 0.3) is 0 Å². The van der Waals surface area contributed by atoms with E-state index in [0.717, 1.165) is 31.6 Å². The van der Waals surface area contributed by atoms with Crippen LogP contribution in [-0.2, 0) is 14.4 Å². The van der Waals surface area contributed by atoms with Crippen molar-refractivity contribution in [3.05, 3.63) is 29.8 Å². The zero-order valence-electron chi connectivity index (χ0n) is 22.6. The highest BCUT2D eigenvalue weighted by Gasteiger charge is 2.52. The Morgan fingerprint density at radius 1 is 1.00 bits per heavy atom. The predicted octanol–water partition coefficient (Wildman–Crippen LogP) is 1.76. The maximum Gasteiger partial charge on any atom is 0.251 e. The summed E-state index contributed by atoms with van der Waals surface area (Å²) in [5.41, 5.74) is 1.46. The minimum Gasteiger partial charge on any atom is -0.378 e. The molecule has 3 amide bonds. The molecule has 0 bridgehead atoms. The minimum absolute atomic E-state index is 0.0229. The average Bonchev–Trinajstić information content (AvgIpc) is 3.45. The van der Waals surface area contributed by atoms with Crippen molar-refractivity contribution in [3.8, 4) is 0 Å². The second-order valence-corrected chi connectivity index (χ2v) is 11.3. The molecule has 0 aliphatic carbocycles. The Balaban J connectivity index is 1.43. The number of ketones is 1. The molecule has 0 unspecified atom stereocenters. The average molecular weight is 512 g/mol. The molecular weight excluding hydrogens is 470 g/mol. The number of carbonyl (C=O) groups is 4. The molecule has 4 rings (SSSR count). The predicted molar refractivity (Wildman–Crippen MR) is 142 cm³/mol. The summed E-state index contributed by atoms with van der Waals surface area (Å²) < 4.78 is 0. The van der Waals surface area contributed by atoms with Crippen molar-refractivity contribution in [2.75, 3.05) is 51.7 Å². The number of likely N-dealkylation sites (tertiary alicyclic amines) is 3. The van der Waals surface area contributed by atoms with Crippen LogP contribution < -0.4 is 10.2 Å². The van der Waals surface area contributed by atoms with E-state index in [4.69, 9.17) is 0 Å². The summed E-state index contributed by atoms with van der Waals surface area (Å²) in [6.07, 6.45) is 4.46. The molecule has 0 saturated carbocycles. The lowest BCUT2D eigenvalue weighted by molar-refractivity contribution is -0.138. The first-order chi connectivity index (χ1) is 17.7. The summed E-state index contributed by atoms with van der Waals surface area (Å²) in [6.45, 7) is 6.66. The highest BCUT2D eigenvalue weighted by molar-refractivity contribution is 6.01. The van der Waals surface area contributed by atoms with Gasteiger partial charge in [0.25, 0.3) is 5.91 Å². The number of benzene rings is 1. The lowest BCUT2D eigenvalue weighted by Gasteiger charge is -2.30. The molecular formula is C28H41N5O4. The number of nitrogens with zero attached hydrogens (tertiary/aromatic N) is 4. The highest BCUT2D eigenvalue weighted by Crippen LogP contribution is 2.31. The molecule has 0 radical (unpaired) electrons. The fraction of sp³-hybridized carbons (Fsp3) is 0.643. The van der Waals surface area contributed by atoms with Gasteiger partial charge in [-0.05, 0) is 69.0 Å². The first-order valence-electron chi connectivity index (χ1n) is 13.6. The van der Waals surface area contributed by atoms with Crippen LogP contribution in [0.2, 0.25) is 0 Å². The molecule has 9 heteroatoms. The van der Waals surface area contributed by atoms with Gasteiger partial charge in [0.1, 0.15) is 12.1 Å². The molecule has 1 N–H and O–H groups in total. The van der Waals surface area contributed by atoms with Gasteiger partial charge in [-0.2, -0.15) is 0 Å². The number of rotatable bonds is 8. The third-order valence-corrected chi connectivity index (χ3v) is 7.79. The number of anilines is 1. The van der Waals surface area contributed by atoms with E-state index in [9.17, 15) is 19.2 Å². The summed E-state index contributed by atoms with van der Waals surface area (Å²) >= 11 is 0. The quantitative estimate of drug-likeness (QED) is 0.572. The van der Waals surface area contributed by atoms with E-state index in [0.29, 0.717) is 31.5 Å². The molecule has 3 fully saturated rings. The second kappa shape index (κ2) is 11.6. The summed E-state index contributed by atoms with van der Waals surface area (Å²) in [5.74, 6) is -0.484. The monoisotopic (exact) mass is 511 g/mol. The Morgan fingerprint density at radius 2 is 1.68 bits per heavy atom. The molecule has 0 aromatic heterocycles. The van der Waals surface area contributed by atoms with Crippen molar-refractivity contribution in [3.63, 3.8) is 0 Å². The molecule has 37 heavy (non-hydrogen) atoms. The smallest absolute Gasteiger partial charge is 0.251 e. The Bertz CT molecular complexity index is 1000. The van der Waals surface area contributed by atoms with Crippen LogP contribution in [0, 0.1) is 5.92 Å². The molecule has 1 aromatic rings. The van der Waals surface area contributed by atoms with Gasteiger partial charge in [0.2, 0.25) is 11.8 Å². The summed E-state index contributed by atoms with van der Waals surface area (Å²) in [4.78, 5) is 60.3. The van der Waals surface area contributed by atoms with Crippen molar-refractivity contribution < 1.29 is 19.2 Å². The van der Waals surface area contributed by atoms with Gasteiger partial charge in [0, 0.05) is 31.9 Å². The second-order valence-electron chi connectivity index (χ2n) is 11.3. The van der Waals surface area contributed by atoms with Gasteiger partial charge < -0.3 is 20.0 Å². The van der Waals surface area contributed by atoms with Gasteiger partial charge >= 0.3 is 0 Å². The van der Waals surface area contributed by atoms with Crippen LogP contribution in [-0.4, -0.2) is 103 Å². The minimum atomic E-state index is -0.731. The van der Waals surface area contributed by atoms with Crippen molar-refractivity contribution in [2.24, 2.45) is 5.92 Å². The van der Waals surface area contributed by atoms with E-state index in [1.807, 2.05) is 45.0 Å². The number of hydrogen-bond donors (Lipinski definition) is 1. The van der Waals surface area contributed by atoms with Gasteiger partial charge in [-0.25, -0.2) is 0 Å². The normalized spacial score (nSPS) is 22.8. The first kappa shape index (κ1) is 27.1. The van der Waals surface area contributed by atoms with Gasteiger partial charge in [-0.1, -0.05) is 20.3 Å². The zero-order valence-corrected chi connectivity index (χ0v) is 22.6. The van der Waals surface area contributed by atoms with Crippen LogP contribution in [0.1, 0.15) is 56.3 Å². The van der Waals surface area contributed by atoms with Gasteiger partial charge in [-0.15, -0.1) is 0 Å². The van der Waals surface area contributed by atoms with Gasteiger partial charge in [-0.3, -0.25) is 24.1 Å². The summed E-state index contributed by atoms with van der Waals surface area (Å²) in [5, 5.41) is 2.93. The Labute approximate surface area is 220 Å². The van der Waals surface area contributed by atoms with Crippen LogP contribution in [0.15, 0.2) is 24.3 Å². The van der Waals surface area contributed by atoms with Crippen molar-refractivity contribution >= 4 is 29.2 Å². The van der Waals surface area contributed by atoms with E-state index in [1.165, 1.54) is 6.42 Å². The SMILES string of the molecule is CC(C)C[C@H](NC(=O)c1ccc(N(C)C)cc1)C(=O)N1CC[C@@H]2[C@H]1C(=O)CN2C(=O)CN1CCCCC1. The van der Waals surface area contributed by atoms with Gasteiger partial charge in [0.05, 0.1) is 19.1 Å². The van der Waals surface area contributed by atoms with E-state index in [2.05, 4.69) is 10.2 Å². The van der Waals surface area contributed by atoms with Crippen molar-refractivity contribution in [1.82, 2.24) is 20.0 Å². The van der Waals surface area contributed by atoms with E-state index < -0.39 is 12.1 Å². The lowest BCUT2D eigenvalue weighted by atomic mass is 10.0. The largest absolute Gasteiger partial charge is 0.378 e. The van der Waals surface area contributed by atoms with E-state index in [1.54, 1.807) is 21.9 Å². The molecule has 3 aliphatic rings. The highest BCUT2D eigenvalue weighted by atomic mass is 16.2. The third-order valence-electron chi connectivity index (χ3n) is 7.79. The van der Waals surface area contributed by atoms with Crippen molar-refractivity contribution in [2.45, 2.75) is 64.1 Å². The number of fused-ring (bicyclic) bond motifs is 1. The standard InChI is InChI=1S/C28H41N5O4/c1-19(2)16-22(29-27(36)20-8-10-21(11-9-20)30(3)4)28(37)32-15-12-23-26(32)24(34)17-33(23)25(35)18-31-13-6-5-7-14-31/h8-11,19,22-23,26H,5-7,12-18H2,1-4H3,(H,29,36)/t22-,23+,26-/m0/s1. The van der Waals surface area contributed by atoms with Crippen molar-refractivity contribution in [1.29, 1.82) is 0 Å². The maximum absolute atomic E-state index is 13.7. The van der Waals surface area contributed by atoms with Gasteiger partial charge in [0.15, 0.2) is 5.78 Å². The molecule has 3 atom stereocenters. The molecule has 3 aliphatic heterocycles. The van der Waals surface area contributed by atoms with Crippen LogP contribution >= 0.6 is 0 Å². The Kier molecular flexibility index (Phi) is 8.52. The van der Waals surface area contributed by atoms with E-state index >= 15 is 0 Å². The number of hydrogen-bond acceptors (Lipinski definition) is 6. The number of nitrogens with one attached hydrogen (secondary N) is 1. The molecule has 3 saturated heterocycles. The number of Topliss-reactive ketones (excluding diaryl/α,β-unsaturated/α-hetero) is 1. The zero-order chi connectivity index (χ0) is 26.7. The number of amides is 3. The first-order valence-corrected chi connectivity index (χ1v) is 13.6. The lowest BCUT2D eigenvalue weighted by Crippen LogP contribution is -2.53.